The number of para-hydroxylation sites is 1. The van der Waals surface area contributed by atoms with Crippen LogP contribution < -0.4 is 14.8 Å². The van der Waals surface area contributed by atoms with E-state index in [1.807, 2.05) is 30.3 Å². The van der Waals surface area contributed by atoms with Crippen LogP contribution in [0.15, 0.2) is 83.8 Å². The van der Waals surface area contributed by atoms with Crippen LogP contribution in [0.4, 0.5) is 0 Å². The fourth-order valence-electron chi connectivity index (χ4n) is 3.14. The summed E-state index contributed by atoms with van der Waals surface area (Å²) in [7, 11) is -3.72. The Bertz CT molecular complexity index is 1190. The van der Waals surface area contributed by atoms with Crippen molar-refractivity contribution in [2.45, 2.75) is 31.2 Å². The van der Waals surface area contributed by atoms with E-state index in [0.29, 0.717) is 24.3 Å². The molecule has 34 heavy (non-hydrogen) atoms. The van der Waals surface area contributed by atoms with Gasteiger partial charge in [-0.1, -0.05) is 42.5 Å². The van der Waals surface area contributed by atoms with Gasteiger partial charge >= 0.3 is 0 Å². The summed E-state index contributed by atoms with van der Waals surface area (Å²) < 4.78 is 33.1. The summed E-state index contributed by atoms with van der Waals surface area (Å²) in [6.07, 6.45) is 1.62. The predicted molar refractivity (Wildman–Crippen MR) is 130 cm³/mol. The first kappa shape index (κ1) is 25.1. The number of benzene rings is 3. The zero-order valence-corrected chi connectivity index (χ0v) is 19.8. The van der Waals surface area contributed by atoms with E-state index in [1.165, 1.54) is 31.2 Å². The minimum atomic E-state index is -3.72. The molecular weight excluding hydrogens is 452 g/mol. The number of unbranched alkanes of at least 4 members (excludes halogenated alkanes) is 1. The van der Waals surface area contributed by atoms with Crippen molar-refractivity contribution < 1.29 is 22.7 Å². The number of rotatable bonds is 12. The van der Waals surface area contributed by atoms with E-state index in [1.54, 1.807) is 24.3 Å². The van der Waals surface area contributed by atoms with Crippen molar-refractivity contribution in [3.05, 3.63) is 95.6 Å². The Morgan fingerprint density at radius 3 is 2.12 bits per heavy atom. The molecule has 3 aromatic rings. The highest BCUT2D eigenvalue weighted by Gasteiger charge is 2.14. The molecule has 0 aliphatic carbocycles. The Balaban J connectivity index is 1.40. The van der Waals surface area contributed by atoms with E-state index in [4.69, 9.17) is 4.74 Å². The molecule has 0 atom stereocenters. The minimum absolute atomic E-state index is 0.0834. The van der Waals surface area contributed by atoms with Crippen molar-refractivity contribution in [1.82, 2.24) is 10.0 Å². The SMILES string of the molecule is CC(=O)c1ccc(S(=O)(=O)NCc2ccc(C(=O)NCCCCOc3ccccc3)cc2)cc1. The number of hydrogen-bond donors (Lipinski definition) is 2. The van der Waals surface area contributed by atoms with Gasteiger partial charge in [-0.2, -0.15) is 0 Å². The van der Waals surface area contributed by atoms with Crippen LogP contribution in [-0.4, -0.2) is 33.3 Å². The summed E-state index contributed by atoms with van der Waals surface area (Å²) in [6, 6.07) is 22.1. The third-order valence-electron chi connectivity index (χ3n) is 5.12. The first-order chi connectivity index (χ1) is 16.3. The molecule has 3 aromatic carbocycles. The molecule has 0 aliphatic heterocycles. The van der Waals surface area contributed by atoms with Crippen LogP contribution in [-0.2, 0) is 16.6 Å². The normalized spacial score (nSPS) is 11.1. The molecule has 178 valence electrons. The van der Waals surface area contributed by atoms with Crippen LogP contribution in [0.3, 0.4) is 0 Å². The molecule has 0 saturated carbocycles. The molecule has 0 aromatic heterocycles. The fraction of sp³-hybridized carbons (Fsp3) is 0.231. The number of Topliss-reactive ketones (excluding diaryl/α,β-unsaturated/α-hetero) is 1. The lowest BCUT2D eigenvalue weighted by Crippen LogP contribution is -2.25. The number of ketones is 1. The van der Waals surface area contributed by atoms with Gasteiger partial charge < -0.3 is 10.1 Å². The van der Waals surface area contributed by atoms with Gasteiger partial charge in [0.2, 0.25) is 10.0 Å². The van der Waals surface area contributed by atoms with Crippen molar-refractivity contribution in [3.8, 4) is 5.75 Å². The molecule has 0 fully saturated rings. The first-order valence-corrected chi connectivity index (χ1v) is 12.5. The average molecular weight is 481 g/mol. The van der Waals surface area contributed by atoms with Gasteiger partial charge in [-0.25, -0.2) is 13.1 Å². The number of carbonyl (C=O) groups is 2. The molecule has 0 unspecified atom stereocenters. The van der Waals surface area contributed by atoms with E-state index in [0.717, 1.165) is 24.2 Å². The topological polar surface area (TPSA) is 102 Å². The third-order valence-corrected chi connectivity index (χ3v) is 6.54. The van der Waals surface area contributed by atoms with E-state index in [-0.39, 0.29) is 23.1 Å². The van der Waals surface area contributed by atoms with Crippen molar-refractivity contribution in [1.29, 1.82) is 0 Å². The van der Waals surface area contributed by atoms with Crippen molar-refractivity contribution in [3.63, 3.8) is 0 Å². The molecule has 0 bridgehead atoms. The van der Waals surface area contributed by atoms with Gasteiger partial charge in [-0.05, 0) is 61.7 Å². The maximum absolute atomic E-state index is 12.5. The Morgan fingerprint density at radius 2 is 1.47 bits per heavy atom. The number of ether oxygens (including phenoxy) is 1. The van der Waals surface area contributed by atoms with E-state index in [2.05, 4.69) is 10.0 Å². The third kappa shape index (κ3) is 7.54. The highest BCUT2D eigenvalue weighted by atomic mass is 32.2. The molecule has 3 rings (SSSR count). The Kier molecular flexibility index (Phi) is 8.95. The monoisotopic (exact) mass is 480 g/mol. The molecular formula is C26H28N2O5S. The number of hydrogen-bond acceptors (Lipinski definition) is 5. The smallest absolute Gasteiger partial charge is 0.251 e. The van der Waals surface area contributed by atoms with Gasteiger partial charge in [-0.3, -0.25) is 9.59 Å². The summed E-state index contributed by atoms with van der Waals surface area (Å²) in [6.45, 7) is 2.64. The van der Waals surface area contributed by atoms with E-state index in [9.17, 15) is 18.0 Å². The lowest BCUT2D eigenvalue weighted by atomic mass is 10.1. The summed E-state index contributed by atoms with van der Waals surface area (Å²) in [4.78, 5) is 23.7. The molecule has 8 heteroatoms. The van der Waals surface area contributed by atoms with Crippen molar-refractivity contribution in [2.75, 3.05) is 13.2 Å². The second kappa shape index (κ2) is 12.1. The van der Waals surface area contributed by atoms with E-state index < -0.39 is 10.0 Å². The van der Waals surface area contributed by atoms with E-state index >= 15 is 0 Å². The number of sulfonamides is 1. The van der Waals surface area contributed by atoms with Gasteiger partial charge in [0.1, 0.15) is 5.75 Å². The quantitative estimate of drug-likeness (QED) is 0.302. The minimum Gasteiger partial charge on any atom is -0.494 e. The molecule has 0 spiro atoms. The van der Waals surface area contributed by atoms with Crippen LogP contribution in [0.1, 0.15) is 46.0 Å². The zero-order chi connectivity index (χ0) is 24.4. The highest BCUT2D eigenvalue weighted by Crippen LogP contribution is 2.13. The standard InChI is InChI=1S/C26H28N2O5S/c1-20(29)22-13-15-25(16-14-22)34(31,32)28-19-21-9-11-23(12-10-21)26(30)27-17-5-6-18-33-24-7-3-2-4-8-24/h2-4,7-16,28H,5-6,17-19H2,1H3,(H,27,30). The average Bonchev–Trinajstić information content (AvgIpc) is 2.86. The maximum atomic E-state index is 12.5. The molecule has 7 nitrogen and oxygen atoms in total. The van der Waals surface area contributed by atoms with Crippen LogP contribution in [0.2, 0.25) is 0 Å². The summed E-state index contributed by atoms with van der Waals surface area (Å²) >= 11 is 0. The Hall–Kier alpha value is -3.49. The van der Waals surface area contributed by atoms with Crippen LogP contribution >= 0.6 is 0 Å². The number of nitrogens with one attached hydrogen (secondary N) is 2. The Labute approximate surface area is 200 Å². The summed E-state index contributed by atoms with van der Waals surface area (Å²) in [5, 5.41) is 2.88. The Morgan fingerprint density at radius 1 is 0.824 bits per heavy atom. The molecule has 0 saturated heterocycles. The van der Waals surface area contributed by atoms with Crippen LogP contribution in [0.5, 0.6) is 5.75 Å². The largest absolute Gasteiger partial charge is 0.494 e. The molecule has 0 heterocycles. The summed E-state index contributed by atoms with van der Waals surface area (Å²) in [5.74, 6) is 0.527. The predicted octanol–water partition coefficient (Wildman–Crippen LogP) is 3.96. The lowest BCUT2D eigenvalue weighted by Gasteiger charge is -2.09. The molecule has 2 N–H and O–H groups in total. The van der Waals surface area contributed by atoms with Gasteiger partial charge in [0.15, 0.2) is 5.78 Å². The fourth-order valence-corrected chi connectivity index (χ4v) is 4.16. The van der Waals surface area contributed by atoms with Gasteiger partial charge in [-0.15, -0.1) is 0 Å². The van der Waals surface area contributed by atoms with Gasteiger partial charge in [0, 0.05) is 24.2 Å². The van der Waals surface area contributed by atoms with Gasteiger partial charge in [0.25, 0.3) is 5.91 Å². The van der Waals surface area contributed by atoms with Crippen molar-refractivity contribution >= 4 is 21.7 Å². The lowest BCUT2D eigenvalue weighted by molar-refractivity contribution is 0.0951. The molecule has 1 amide bonds. The summed E-state index contributed by atoms with van der Waals surface area (Å²) in [5.41, 5.74) is 1.68. The molecule has 0 radical (unpaired) electrons. The molecule has 0 aliphatic rings. The zero-order valence-electron chi connectivity index (χ0n) is 19.0. The van der Waals surface area contributed by atoms with Crippen LogP contribution in [0, 0.1) is 0 Å². The second-order valence-electron chi connectivity index (χ2n) is 7.73. The number of amides is 1. The second-order valence-corrected chi connectivity index (χ2v) is 9.49. The maximum Gasteiger partial charge on any atom is 0.251 e. The van der Waals surface area contributed by atoms with Gasteiger partial charge in [0.05, 0.1) is 11.5 Å². The van der Waals surface area contributed by atoms with Crippen molar-refractivity contribution in [2.24, 2.45) is 0 Å². The number of carbonyl (C=O) groups excluding carboxylic acids is 2. The highest BCUT2D eigenvalue weighted by molar-refractivity contribution is 7.89. The van der Waals surface area contributed by atoms with Crippen LogP contribution in [0.25, 0.3) is 0 Å². The first-order valence-electron chi connectivity index (χ1n) is 11.0.